The van der Waals surface area contributed by atoms with Crippen molar-refractivity contribution in [2.45, 2.75) is 6.04 Å². The first-order chi connectivity index (χ1) is 12.3. The molecule has 0 aliphatic heterocycles. The smallest absolute Gasteiger partial charge is 0.114 e. The van der Waals surface area contributed by atoms with E-state index in [4.69, 9.17) is 5.53 Å². The quantitative estimate of drug-likeness (QED) is 0.540. The van der Waals surface area contributed by atoms with Crippen LogP contribution in [-0.4, -0.2) is 6.04 Å². The molecule has 0 fully saturated rings. The fourth-order valence-corrected chi connectivity index (χ4v) is 3.23. The van der Waals surface area contributed by atoms with Gasteiger partial charge in [-0.25, -0.2) is 5.53 Å². The van der Waals surface area contributed by atoms with E-state index < -0.39 is 0 Å². The summed E-state index contributed by atoms with van der Waals surface area (Å²) in [6.07, 6.45) is 9.96. The standard InChI is InChI=1S/C23H18N2/c24-25-23-11-4-2-7-20(23)16-17-12-14-19(15-13-17)22-10-5-8-18-6-1-3-9-21(18)22/h1-16,23-24H/b20-16+,25-24?. The minimum atomic E-state index is -0.178. The van der Waals surface area contributed by atoms with Crippen molar-refractivity contribution >= 4 is 16.8 Å². The molecule has 3 aromatic carbocycles. The third kappa shape index (κ3) is 3.07. The predicted octanol–water partition coefficient (Wildman–Crippen LogP) is 6.42. The van der Waals surface area contributed by atoms with E-state index in [-0.39, 0.29) is 6.04 Å². The molecule has 120 valence electrons. The Morgan fingerprint density at radius 3 is 2.48 bits per heavy atom. The Kier molecular flexibility index (Phi) is 4.09. The van der Waals surface area contributed by atoms with E-state index >= 15 is 0 Å². The highest BCUT2D eigenvalue weighted by atomic mass is 15.0. The molecule has 1 aliphatic carbocycles. The maximum atomic E-state index is 7.32. The molecule has 0 saturated heterocycles. The van der Waals surface area contributed by atoms with Gasteiger partial charge in [0.05, 0.1) is 0 Å². The van der Waals surface area contributed by atoms with Crippen molar-refractivity contribution in [3.8, 4) is 11.1 Å². The molecular formula is C23H18N2. The molecule has 0 aromatic heterocycles. The lowest BCUT2D eigenvalue weighted by molar-refractivity contribution is 0.852. The molecule has 4 rings (SSSR count). The fraction of sp³-hybridized carbons (Fsp3) is 0.0435. The van der Waals surface area contributed by atoms with E-state index in [1.165, 1.54) is 21.9 Å². The average Bonchev–Trinajstić information content (AvgIpc) is 2.69. The van der Waals surface area contributed by atoms with Crippen molar-refractivity contribution in [1.82, 2.24) is 0 Å². The summed E-state index contributed by atoms with van der Waals surface area (Å²) in [5, 5.41) is 6.19. The third-order valence-corrected chi connectivity index (χ3v) is 4.52. The third-order valence-electron chi connectivity index (χ3n) is 4.52. The zero-order valence-electron chi connectivity index (χ0n) is 13.8. The second kappa shape index (κ2) is 6.70. The van der Waals surface area contributed by atoms with Crippen molar-refractivity contribution in [3.63, 3.8) is 0 Å². The molecule has 0 amide bonds. The lowest BCUT2D eigenvalue weighted by atomic mass is 9.96. The minimum Gasteiger partial charge on any atom is -0.209 e. The van der Waals surface area contributed by atoms with Crippen LogP contribution in [0.5, 0.6) is 0 Å². The number of allylic oxidation sites excluding steroid dienone is 2. The summed E-state index contributed by atoms with van der Waals surface area (Å²) in [5.41, 5.74) is 11.9. The lowest BCUT2D eigenvalue weighted by Gasteiger charge is -2.11. The molecule has 1 aliphatic rings. The number of hydrogen-bond donors (Lipinski definition) is 1. The maximum absolute atomic E-state index is 7.32. The molecule has 1 N–H and O–H groups in total. The molecule has 1 unspecified atom stereocenters. The van der Waals surface area contributed by atoms with Crippen LogP contribution in [0.4, 0.5) is 0 Å². The van der Waals surface area contributed by atoms with E-state index in [1.54, 1.807) is 0 Å². The van der Waals surface area contributed by atoms with Gasteiger partial charge >= 0.3 is 0 Å². The van der Waals surface area contributed by atoms with Gasteiger partial charge in [-0.3, -0.25) is 0 Å². The molecule has 0 spiro atoms. The monoisotopic (exact) mass is 322 g/mol. The molecule has 3 aromatic rings. The lowest BCUT2D eigenvalue weighted by Crippen LogP contribution is -2.03. The summed E-state index contributed by atoms with van der Waals surface area (Å²) >= 11 is 0. The Morgan fingerprint density at radius 1 is 0.840 bits per heavy atom. The van der Waals surface area contributed by atoms with Gasteiger partial charge in [0.15, 0.2) is 0 Å². The van der Waals surface area contributed by atoms with Crippen LogP contribution in [0, 0.1) is 5.53 Å². The Labute approximate surface area is 147 Å². The average molecular weight is 322 g/mol. The maximum Gasteiger partial charge on any atom is 0.114 e. The molecule has 25 heavy (non-hydrogen) atoms. The van der Waals surface area contributed by atoms with Crippen LogP contribution in [0.2, 0.25) is 0 Å². The molecule has 0 saturated carbocycles. The van der Waals surface area contributed by atoms with Crippen LogP contribution in [0.25, 0.3) is 28.0 Å². The van der Waals surface area contributed by atoms with E-state index in [0.717, 1.165) is 11.1 Å². The predicted molar refractivity (Wildman–Crippen MR) is 105 cm³/mol. The van der Waals surface area contributed by atoms with Crippen LogP contribution < -0.4 is 0 Å². The van der Waals surface area contributed by atoms with Crippen LogP contribution in [0.1, 0.15) is 5.56 Å². The first kappa shape index (κ1) is 15.3. The first-order valence-electron chi connectivity index (χ1n) is 8.36. The zero-order valence-corrected chi connectivity index (χ0v) is 13.8. The number of hydrogen-bond acceptors (Lipinski definition) is 2. The van der Waals surface area contributed by atoms with E-state index in [2.05, 4.69) is 77.9 Å². The van der Waals surface area contributed by atoms with Gasteiger partial charge in [0.25, 0.3) is 0 Å². The summed E-state index contributed by atoms with van der Waals surface area (Å²) in [6, 6.07) is 23.3. The minimum absolute atomic E-state index is 0.178. The summed E-state index contributed by atoms with van der Waals surface area (Å²) in [6.45, 7) is 0. The number of rotatable bonds is 3. The van der Waals surface area contributed by atoms with E-state index in [1.807, 2.05) is 24.3 Å². The van der Waals surface area contributed by atoms with Gasteiger partial charge in [-0.05, 0) is 39.1 Å². The number of nitrogens with one attached hydrogen (secondary N) is 1. The topological polar surface area (TPSA) is 36.2 Å². The van der Waals surface area contributed by atoms with Crippen molar-refractivity contribution in [2.24, 2.45) is 5.11 Å². The summed E-state index contributed by atoms with van der Waals surface area (Å²) in [4.78, 5) is 0. The Bertz CT molecular complexity index is 1000. The molecule has 0 radical (unpaired) electrons. The molecular weight excluding hydrogens is 304 g/mol. The van der Waals surface area contributed by atoms with Crippen molar-refractivity contribution in [2.75, 3.05) is 0 Å². The summed E-state index contributed by atoms with van der Waals surface area (Å²) < 4.78 is 0. The van der Waals surface area contributed by atoms with E-state index in [9.17, 15) is 0 Å². The zero-order chi connectivity index (χ0) is 17.1. The van der Waals surface area contributed by atoms with Crippen LogP contribution in [0.15, 0.2) is 102 Å². The SMILES string of the molecule is N=NC1C=CC=C/C1=C\c1ccc(-c2cccc3ccccc23)cc1. The van der Waals surface area contributed by atoms with Gasteiger partial charge in [-0.1, -0.05) is 91.0 Å². The number of fused-ring (bicyclic) bond motifs is 1. The van der Waals surface area contributed by atoms with Crippen molar-refractivity contribution < 1.29 is 0 Å². The first-order valence-corrected chi connectivity index (χ1v) is 8.36. The molecule has 1 atom stereocenters. The van der Waals surface area contributed by atoms with Gasteiger partial charge in [0, 0.05) is 0 Å². The fourth-order valence-electron chi connectivity index (χ4n) is 3.23. The molecule has 0 heterocycles. The Morgan fingerprint density at radius 2 is 1.64 bits per heavy atom. The van der Waals surface area contributed by atoms with Crippen molar-refractivity contribution in [1.29, 1.82) is 5.53 Å². The Hall–Kier alpha value is -3.26. The second-order valence-corrected chi connectivity index (χ2v) is 6.11. The summed E-state index contributed by atoms with van der Waals surface area (Å²) in [5.74, 6) is 0. The molecule has 0 bridgehead atoms. The highest BCUT2D eigenvalue weighted by molar-refractivity contribution is 5.96. The van der Waals surface area contributed by atoms with Crippen molar-refractivity contribution in [3.05, 3.63) is 102 Å². The molecule has 2 heteroatoms. The largest absolute Gasteiger partial charge is 0.209 e. The van der Waals surface area contributed by atoms with Gasteiger partial charge in [0.1, 0.15) is 6.04 Å². The van der Waals surface area contributed by atoms with Crippen LogP contribution >= 0.6 is 0 Å². The van der Waals surface area contributed by atoms with E-state index in [0.29, 0.717) is 0 Å². The van der Waals surface area contributed by atoms with Crippen LogP contribution in [-0.2, 0) is 0 Å². The summed E-state index contributed by atoms with van der Waals surface area (Å²) in [7, 11) is 0. The van der Waals surface area contributed by atoms with Gasteiger partial charge in [-0.2, -0.15) is 5.11 Å². The van der Waals surface area contributed by atoms with Gasteiger partial charge in [-0.15, -0.1) is 0 Å². The highest BCUT2D eigenvalue weighted by Gasteiger charge is 2.09. The highest BCUT2D eigenvalue weighted by Crippen LogP contribution is 2.29. The number of benzene rings is 3. The van der Waals surface area contributed by atoms with Gasteiger partial charge in [0.2, 0.25) is 0 Å². The Balaban J connectivity index is 1.70. The van der Waals surface area contributed by atoms with Crippen LogP contribution in [0.3, 0.4) is 0 Å². The normalized spacial score (nSPS) is 17.9. The second-order valence-electron chi connectivity index (χ2n) is 6.11. The number of nitrogens with zero attached hydrogens (tertiary/aromatic N) is 1. The van der Waals surface area contributed by atoms with Gasteiger partial charge < -0.3 is 0 Å². The molecule has 2 nitrogen and oxygen atoms in total.